The summed E-state index contributed by atoms with van der Waals surface area (Å²) in [7, 11) is 0. The molecule has 0 saturated carbocycles. The molecule has 1 rings (SSSR count). The Balaban J connectivity index is 3.62. The molecule has 2 N–H and O–H groups in total. The fraction of sp³-hybridized carbons (Fsp3) is 0.222. The number of benzene rings is 1. The molecular formula is C9H4ClF6NO. The van der Waals surface area contributed by atoms with Gasteiger partial charge in [-0.25, -0.2) is 0 Å². The maximum atomic E-state index is 12.5. The summed E-state index contributed by atoms with van der Waals surface area (Å²) in [6.07, 6.45) is -10.0. The van der Waals surface area contributed by atoms with Crippen molar-refractivity contribution in [3.8, 4) is 0 Å². The topological polar surface area (TPSA) is 43.1 Å². The molecule has 1 aromatic rings. The van der Waals surface area contributed by atoms with Crippen molar-refractivity contribution in [3.63, 3.8) is 0 Å². The molecule has 0 saturated heterocycles. The molecule has 0 aliphatic heterocycles. The van der Waals surface area contributed by atoms with Crippen LogP contribution in [0, 0.1) is 0 Å². The zero-order valence-electron chi connectivity index (χ0n) is 8.29. The van der Waals surface area contributed by atoms with Gasteiger partial charge in [-0.15, -0.1) is 0 Å². The standard InChI is InChI=1S/C9H4ClF6NO/c10-7(18)4-1-3(8(11,12)13)2-5(17)6(4)9(14,15)16/h1-2H,17H2. The molecule has 18 heavy (non-hydrogen) atoms. The Labute approximate surface area is 101 Å². The van der Waals surface area contributed by atoms with Gasteiger partial charge in [0.15, 0.2) is 0 Å². The van der Waals surface area contributed by atoms with Crippen LogP contribution in [0.2, 0.25) is 0 Å². The van der Waals surface area contributed by atoms with Gasteiger partial charge in [-0.3, -0.25) is 4.79 Å². The minimum atomic E-state index is -5.08. The Bertz CT molecular complexity index is 493. The van der Waals surface area contributed by atoms with Crippen LogP contribution in [0.15, 0.2) is 12.1 Å². The van der Waals surface area contributed by atoms with E-state index in [2.05, 4.69) is 0 Å². The van der Waals surface area contributed by atoms with Crippen molar-refractivity contribution in [2.75, 3.05) is 5.73 Å². The van der Waals surface area contributed by atoms with Gasteiger partial charge in [0.1, 0.15) is 0 Å². The van der Waals surface area contributed by atoms with Crippen LogP contribution in [0.4, 0.5) is 32.0 Å². The predicted molar refractivity (Wildman–Crippen MR) is 51.0 cm³/mol. The largest absolute Gasteiger partial charge is 0.419 e. The maximum absolute atomic E-state index is 12.5. The van der Waals surface area contributed by atoms with E-state index in [0.717, 1.165) is 0 Å². The number of nitrogens with two attached hydrogens (primary N) is 1. The molecule has 0 aliphatic rings. The minimum absolute atomic E-state index is 0.0223. The molecule has 0 radical (unpaired) electrons. The van der Waals surface area contributed by atoms with Crippen LogP contribution in [-0.4, -0.2) is 5.24 Å². The number of nitrogen functional groups attached to an aromatic ring is 1. The van der Waals surface area contributed by atoms with Crippen molar-refractivity contribution in [1.82, 2.24) is 0 Å². The summed E-state index contributed by atoms with van der Waals surface area (Å²) >= 11 is 4.85. The van der Waals surface area contributed by atoms with Crippen LogP contribution in [0.25, 0.3) is 0 Å². The van der Waals surface area contributed by atoms with Gasteiger partial charge < -0.3 is 5.73 Å². The van der Waals surface area contributed by atoms with Gasteiger partial charge >= 0.3 is 12.4 Å². The van der Waals surface area contributed by atoms with Crippen LogP contribution < -0.4 is 5.73 Å². The Morgan fingerprint density at radius 3 is 1.89 bits per heavy atom. The summed E-state index contributed by atoms with van der Waals surface area (Å²) in [5.41, 5.74) is -0.764. The van der Waals surface area contributed by atoms with Crippen LogP contribution in [0.5, 0.6) is 0 Å². The third-order valence-electron chi connectivity index (χ3n) is 1.99. The van der Waals surface area contributed by atoms with Crippen LogP contribution in [-0.2, 0) is 12.4 Å². The van der Waals surface area contributed by atoms with E-state index in [1.165, 1.54) is 0 Å². The third kappa shape index (κ3) is 2.87. The first kappa shape index (κ1) is 14.6. The smallest absolute Gasteiger partial charge is 0.398 e. The average Bonchev–Trinajstić information content (AvgIpc) is 2.12. The lowest BCUT2D eigenvalue weighted by Crippen LogP contribution is -2.17. The number of hydrogen-bond acceptors (Lipinski definition) is 2. The van der Waals surface area contributed by atoms with Crippen molar-refractivity contribution < 1.29 is 31.1 Å². The molecule has 0 aliphatic carbocycles. The van der Waals surface area contributed by atoms with Crippen molar-refractivity contribution in [2.24, 2.45) is 0 Å². The van der Waals surface area contributed by atoms with Gasteiger partial charge in [0.05, 0.1) is 11.1 Å². The zero-order valence-corrected chi connectivity index (χ0v) is 9.04. The summed E-state index contributed by atoms with van der Waals surface area (Å²) in [6.45, 7) is 0. The van der Waals surface area contributed by atoms with E-state index in [1.54, 1.807) is 0 Å². The Hall–Kier alpha value is -1.44. The molecule has 0 atom stereocenters. The number of carbonyl (C=O) groups excluding carboxylic acids is 1. The minimum Gasteiger partial charge on any atom is -0.398 e. The molecule has 0 fully saturated rings. The molecule has 9 heteroatoms. The molecule has 100 valence electrons. The summed E-state index contributed by atoms with van der Waals surface area (Å²) in [4.78, 5) is 10.8. The highest BCUT2D eigenvalue weighted by molar-refractivity contribution is 6.68. The monoisotopic (exact) mass is 291 g/mol. The van der Waals surface area contributed by atoms with Crippen LogP contribution in [0.3, 0.4) is 0 Å². The summed E-state index contributed by atoms with van der Waals surface area (Å²) in [6, 6.07) is 0.126. The molecule has 2 nitrogen and oxygen atoms in total. The summed E-state index contributed by atoms with van der Waals surface area (Å²) in [5, 5.41) is -1.67. The Morgan fingerprint density at radius 1 is 1.06 bits per heavy atom. The Morgan fingerprint density at radius 2 is 1.56 bits per heavy atom. The fourth-order valence-corrected chi connectivity index (χ4v) is 1.45. The van der Waals surface area contributed by atoms with E-state index in [4.69, 9.17) is 17.3 Å². The number of anilines is 1. The lowest BCUT2D eigenvalue weighted by molar-refractivity contribution is -0.141. The van der Waals surface area contributed by atoms with Gasteiger partial charge in [-0.05, 0) is 23.7 Å². The first-order valence-electron chi connectivity index (χ1n) is 4.22. The van der Waals surface area contributed by atoms with E-state index in [-0.39, 0.29) is 12.1 Å². The first-order chi connectivity index (χ1) is 7.94. The zero-order chi connectivity index (χ0) is 14.3. The number of carbonyl (C=O) groups is 1. The molecule has 0 aromatic heterocycles. The van der Waals surface area contributed by atoms with Crippen molar-refractivity contribution >= 4 is 22.5 Å². The van der Waals surface area contributed by atoms with Crippen molar-refractivity contribution in [2.45, 2.75) is 12.4 Å². The summed E-state index contributed by atoms with van der Waals surface area (Å²) < 4.78 is 74.6. The number of halogens is 7. The number of alkyl halides is 6. The van der Waals surface area contributed by atoms with E-state index < -0.39 is 40.0 Å². The molecule has 0 heterocycles. The van der Waals surface area contributed by atoms with Gasteiger partial charge in [-0.1, -0.05) is 0 Å². The SMILES string of the molecule is Nc1cc(C(F)(F)F)cc(C(=O)Cl)c1C(F)(F)F. The highest BCUT2D eigenvalue weighted by Crippen LogP contribution is 2.40. The average molecular weight is 292 g/mol. The maximum Gasteiger partial charge on any atom is 0.419 e. The van der Waals surface area contributed by atoms with E-state index in [9.17, 15) is 31.1 Å². The normalized spacial score (nSPS) is 12.6. The molecule has 1 aromatic carbocycles. The van der Waals surface area contributed by atoms with Gasteiger partial charge in [0, 0.05) is 11.3 Å². The highest BCUT2D eigenvalue weighted by Gasteiger charge is 2.40. The number of rotatable bonds is 1. The Kier molecular flexibility index (Phi) is 3.53. The molecule has 0 amide bonds. The fourth-order valence-electron chi connectivity index (χ4n) is 1.30. The van der Waals surface area contributed by atoms with E-state index >= 15 is 0 Å². The quantitative estimate of drug-likeness (QED) is 0.487. The second kappa shape index (κ2) is 4.34. The third-order valence-corrected chi connectivity index (χ3v) is 2.20. The summed E-state index contributed by atoms with van der Waals surface area (Å²) in [5.74, 6) is 0. The van der Waals surface area contributed by atoms with E-state index in [1.807, 2.05) is 0 Å². The van der Waals surface area contributed by atoms with Crippen molar-refractivity contribution in [1.29, 1.82) is 0 Å². The highest BCUT2D eigenvalue weighted by atomic mass is 35.5. The van der Waals surface area contributed by atoms with Crippen LogP contribution >= 0.6 is 11.6 Å². The van der Waals surface area contributed by atoms with Gasteiger partial charge in [-0.2, -0.15) is 26.3 Å². The van der Waals surface area contributed by atoms with Gasteiger partial charge in [0.2, 0.25) is 0 Å². The predicted octanol–water partition coefficient (Wildman–Crippen LogP) is 3.69. The second-order valence-corrected chi connectivity index (χ2v) is 3.60. The van der Waals surface area contributed by atoms with Gasteiger partial charge in [0.25, 0.3) is 5.24 Å². The van der Waals surface area contributed by atoms with E-state index in [0.29, 0.717) is 0 Å². The molecule has 0 bridgehead atoms. The lowest BCUT2D eigenvalue weighted by Gasteiger charge is -2.16. The lowest BCUT2D eigenvalue weighted by atomic mass is 10.0. The molecule has 0 spiro atoms. The van der Waals surface area contributed by atoms with Crippen LogP contribution in [0.1, 0.15) is 21.5 Å². The van der Waals surface area contributed by atoms with Crippen molar-refractivity contribution in [3.05, 3.63) is 28.8 Å². The molecular weight excluding hydrogens is 288 g/mol. The molecule has 0 unspecified atom stereocenters. The first-order valence-corrected chi connectivity index (χ1v) is 4.60. The number of hydrogen-bond donors (Lipinski definition) is 1. The second-order valence-electron chi connectivity index (χ2n) is 3.26.